The van der Waals surface area contributed by atoms with Gasteiger partial charge in [-0.05, 0) is 30.7 Å². The summed E-state index contributed by atoms with van der Waals surface area (Å²) in [5.74, 6) is 0. The Morgan fingerprint density at radius 1 is 1.10 bits per heavy atom. The van der Waals surface area contributed by atoms with Gasteiger partial charge in [0.1, 0.15) is 0 Å². The molecule has 0 saturated heterocycles. The minimum Gasteiger partial charge on any atom is -0.310 e. The average Bonchev–Trinajstić information content (AvgIpc) is 2.71. The number of imidazole rings is 1. The van der Waals surface area contributed by atoms with Crippen LogP contribution in [0.4, 0.5) is 0 Å². The predicted octanol–water partition coefficient (Wildman–Crippen LogP) is 3.11. The molecule has 1 heterocycles. The minimum absolute atomic E-state index is 0.0353. The first-order chi connectivity index (χ1) is 10.1. The third-order valence-corrected chi connectivity index (χ3v) is 4.25. The number of aryl methyl sites for hydroxylation is 2. The van der Waals surface area contributed by atoms with Crippen LogP contribution in [0.15, 0.2) is 23.0 Å². The molecule has 2 aromatic rings. The molecule has 0 spiro atoms. The van der Waals surface area contributed by atoms with E-state index in [0.29, 0.717) is 6.04 Å². The molecule has 0 amide bonds. The molecule has 0 aliphatic rings. The van der Waals surface area contributed by atoms with Gasteiger partial charge < -0.3 is 5.32 Å². The number of aromatic nitrogens is 2. The Hall–Kier alpha value is -1.55. The monoisotopic (exact) mass is 289 g/mol. The molecule has 4 nitrogen and oxygen atoms in total. The van der Waals surface area contributed by atoms with Crippen molar-refractivity contribution in [2.24, 2.45) is 14.1 Å². The SMILES string of the molecule is CCCCCC(NCC)c1ccc2c(c1)n(C)c(=O)n2C. The summed E-state index contributed by atoms with van der Waals surface area (Å²) in [6.45, 7) is 5.33. The zero-order chi connectivity index (χ0) is 15.4. The number of hydrogen-bond donors (Lipinski definition) is 1. The quantitative estimate of drug-likeness (QED) is 0.795. The van der Waals surface area contributed by atoms with Gasteiger partial charge in [-0.15, -0.1) is 0 Å². The Morgan fingerprint density at radius 2 is 1.81 bits per heavy atom. The first-order valence-corrected chi connectivity index (χ1v) is 7.98. The number of nitrogens with zero attached hydrogens (tertiary/aromatic N) is 2. The molecule has 0 fully saturated rings. The Kier molecular flexibility index (Phi) is 5.23. The highest BCUT2D eigenvalue weighted by atomic mass is 16.1. The van der Waals surface area contributed by atoms with Gasteiger partial charge in [-0.3, -0.25) is 9.13 Å². The van der Waals surface area contributed by atoms with Crippen molar-refractivity contribution in [2.75, 3.05) is 6.54 Å². The summed E-state index contributed by atoms with van der Waals surface area (Å²) in [5, 5.41) is 3.57. The van der Waals surface area contributed by atoms with E-state index in [9.17, 15) is 4.79 Å². The number of hydrogen-bond acceptors (Lipinski definition) is 2. The molecule has 116 valence electrons. The average molecular weight is 289 g/mol. The van der Waals surface area contributed by atoms with Crippen molar-refractivity contribution in [3.05, 3.63) is 34.2 Å². The van der Waals surface area contributed by atoms with Crippen LogP contribution in [0.1, 0.15) is 51.1 Å². The molecule has 0 bridgehead atoms. The second-order valence-corrected chi connectivity index (χ2v) is 5.75. The zero-order valence-electron chi connectivity index (χ0n) is 13.6. The first kappa shape index (κ1) is 15.8. The molecule has 1 atom stereocenters. The Balaban J connectivity index is 2.34. The molecule has 1 aromatic carbocycles. The van der Waals surface area contributed by atoms with Gasteiger partial charge in [0.2, 0.25) is 0 Å². The molecule has 1 aromatic heterocycles. The Labute approximate surface area is 126 Å². The third kappa shape index (κ3) is 3.21. The van der Waals surface area contributed by atoms with E-state index >= 15 is 0 Å². The van der Waals surface area contributed by atoms with Gasteiger partial charge in [-0.25, -0.2) is 4.79 Å². The van der Waals surface area contributed by atoms with Gasteiger partial charge in [0.15, 0.2) is 0 Å². The van der Waals surface area contributed by atoms with E-state index in [0.717, 1.165) is 24.0 Å². The second kappa shape index (κ2) is 6.94. The van der Waals surface area contributed by atoms with E-state index in [4.69, 9.17) is 0 Å². The van der Waals surface area contributed by atoms with Crippen molar-refractivity contribution in [1.29, 1.82) is 0 Å². The van der Waals surface area contributed by atoms with Crippen molar-refractivity contribution < 1.29 is 0 Å². The number of benzene rings is 1. The van der Waals surface area contributed by atoms with E-state index in [1.165, 1.54) is 24.8 Å². The molecule has 21 heavy (non-hydrogen) atoms. The molecule has 0 aliphatic carbocycles. The molecule has 1 unspecified atom stereocenters. The van der Waals surface area contributed by atoms with Crippen LogP contribution in [0.25, 0.3) is 11.0 Å². The van der Waals surface area contributed by atoms with Gasteiger partial charge in [0.25, 0.3) is 0 Å². The van der Waals surface area contributed by atoms with Crippen molar-refractivity contribution >= 4 is 11.0 Å². The number of unbranched alkanes of at least 4 members (excludes halogenated alkanes) is 2. The van der Waals surface area contributed by atoms with Crippen molar-refractivity contribution in [1.82, 2.24) is 14.5 Å². The van der Waals surface area contributed by atoms with Crippen LogP contribution in [0.2, 0.25) is 0 Å². The lowest BCUT2D eigenvalue weighted by molar-refractivity contribution is 0.487. The predicted molar refractivity (Wildman–Crippen MR) is 88.7 cm³/mol. The van der Waals surface area contributed by atoms with E-state index in [2.05, 4.69) is 37.4 Å². The summed E-state index contributed by atoms with van der Waals surface area (Å²) in [4.78, 5) is 12.0. The van der Waals surface area contributed by atoms with Crippen LogP contribution in [0.5, 0.6) is 0 Å². The summed E-state index contributed by atoms with van der Waals surface area (Å²) < 4.78 is 3.44. The summed E-state index contributed by atoms with van der Waals surface area (Å²) in [7, 11) is 3.67. The lowest BCUT2D eigenvalue weighted by Crippen LogP contribution is -2.21. The summed E-state index contributed by atoms with van der Waals surface area (Å²) in [6.07, 6.45) is 4.90. The van der Waals surface area contributed by atoms with Gasteiger partial charge >= 0.3 is 5.69 Å². The number of fused-ring (bicyclic) bond motifs is 1. The van der Waals surface area contributed by atoms with Gasteiger partial charge in [0.05, 0.1) is 11.0 Å². The largest absolute Gasteiger partial charge is 0.328 e. The Morgan fingerprint density at radius 3 is 2.48 bits per heavy atom. The molecule has 0 radical (unpaired) electrons. The fourth-order valence-corrected chi connectivity index (χ4v) is 2.97. The van der Waals surface area contributed by atoms with E-state index in [1.54, 1.807) is 9.13 Å². The van der Waals surface area contributed by atoms with Crippen molar-refractivity contribution in [3.63, 3.8) is 0 Å². The fourth-order valence-electron chi connectivity index (χ4n) is 2.97. The highest BCUT2D eigenvalue weighted by Crippen LogP contribution is 2.23. The van der Waals surface area contributed by atoms with Gasteiger partial charge in [-0.2, -0.15) is 0 Å². The lowest BCUT2D eigenvalue weighted by Gasteiger charge is -2.18. The maximum absolute atomic E-state index is 12.0. The van der Waals surface area contributed by atoms with Crippen molar-refractivity contribution in [2.45, 2.75) is 45.6 Å². The molecule has 0 aliphatic heterocycles. The number of nitrogens with one attached hydrogen (secondary N) is 1. The summed E-state index contributed by atoms with van der Waals surface area (Å²) >= 11 is 0. The standard InChI is InChI=1S/C17H27N3O/c1-5-7-8-9-14(18-6-2)13-10-11-15-16(12-13)20(4)17(21)19(15)3/h10-12,14,18H,5-9H2,1-4H3. The Bertz CT molecular complexity index is 654. The smallest absolute Gasteiger partial charge is 0.310 e. The lowest BCUT2D eigenvalue weighted by atomic mass is 10.00. The molecular weight excluding hydrogens is 262 g/mol. The van der Waals surface area contributed by atoms with E-state index in [1.807, 2.05) is 14.1 Å². The van der Waals surface area contributed by atoms with Crippen LogP contribution < -0.4 is 11.0 Å². The summed E-state index contributed by atoms with van der Waals surface area (Å²) in [5.41, 5.74) is 3.32. The third-order valence-electron chi connectivity index (χ3n) is 4.25. The van der Waals surface area contributed by atoms with Crippen LogP contribution >= 0.6 is 0 Å². The first-order valence-electron chi connectivity index (χ1n) is 7.98. The molecule has 1 N–H and O–H groups in total. The van der Waals surface area contributed by atoms with Crippen LogP contribution in [-0.2, 0) is 14.1 Å². The van der Waals surface area contributed by atoms with E-state index < -0.39 is 0 Å². The highest BCUT2D eigenvalue weighted by Gasteiger charge is 2.13. The molecular formula is C17H27N3O. The fraction of sp³-hybridized carbons (Fsp3) is 0.588. The highest BCUT2D eigenvalue weighted by molar-refractivity contribution is 5.77. The maximum atomic E-state index is 12.0. The van der Waals surface area contributed by atoms with Gasteiger partial charge in [-0.1, -0.05) is 39.2 Å². The van der Waals surface area contributed by atoms with E-state index in [-0.39, 0.29) is 5.69 Å². The molecule has 2 rings (SSSR count). The second-order valence-electron chi connectivity index (χ2n) is 5.75. The minimum atomic E-state index is 0.0353. The van der Waals surface area contributed by atoms with Crippen LogP contribution in [0.3, 0.4) is 0 Å². The zero-order valence-corrected chi connectivity index (χ0v) is 13.6. The normalized spacial score (nSPS) is 13.0. The van der Waals surface area contributed by atoms with Crippen LogP contribution in [-0.4, -0.2) is 15.7 Å². The topological polar surface area (TPSA) is 39.0 Å². The molecule has 4 heteroatoms. The van der Waals surface area contributed by atoms with Crippen LogP contribution in [0, 0.1) is 0 Å². The van der Waals surface area contributed by atoms with Gasteiger partial charge in [0, 0.05) is 20.1 Å². The maximum Gasteiger partial charge on any atom is 0.328 e. The summed E-state index contributed by atoms with van der Waals surface area (Å²) in [6, 6.07) is 6.76. The molecule has 0 saturated carbocycles. The number of rotatable bonds is 7. The van der Waals surface area contributed by atoms with Crippen molar-refractivity contribution in [3.8, 4) is 0 Å².